The van der Waals surface area contributed by atoms with Crippen LogP contribution in [0.25, 0.3) is 11.3 Å². The van der Waals surface area contributed by atoms with Gasteiger partial charge in [0.1, 0.15) is 42.3 Å². The van der Waals surface area contributed by atoms with Gasteiger partial charge in [-0.05, 0) is 36.8 Å². The maximum atomic E-state index is 13.7. The molecule has 2 aromatic carbocycles. The fourth-order valence-corrected chi connectivity index (χ4v) is 4.43. The largest absolute Gasteiger partial charge is 0.394 e. The third-order valence-corrected chi connectivity index (χ3v) is 6.60. The van der Waals surface area contributed by atoms with Gasteiger partial charge in [-0.25, -0.2) is 17.9 Å². The molecule has 1 aliphatic rings. The van der Waals surface area contributed by atoms with Gasteiger partial charge in [-0.1, -0.05) is 33.3 Å². The zero-order chi connectivity index (χ0) is 26.9. The van der Waals surface area contributed by atoms with Crippen LogP contribution in [0.1, 0.15) is 18.5 Å². The molecule has 0 radical (unpaired) electrons. The van der Waals surface area contributed by atoms with Crippen LogP contribution < -0.4 is 0 Å². The lowest BCUT2D eigenvalue weighted by molar-refractivity contribution is -0.234. The third kappa shape index (κ3) is 5.76. The van der Waals surface area contributed by atoms with Gasteiger partial charge in [0.15, 0.2) is 23.2 Å². The van der Waals surface area contributed by atoms with Crippen molar-refractivity contribution in [2.75, 3.05) is 6.61 Å². The first-order chi connectivity index (χ1) is 17.6. The molecule has 6 atom stereocenters. The second kappa shape index (κ2) is 11.4. The molecule has 3 aromatic rings. The van der Waals surface area contributed by atoms with Crippen molar-refractivity contribution >= 4 is 21.7 Å². The Kier molecular flexibility index (Phi) is 8.41. The van der Waals surface area contributed by atoms with Crippen LogP contribution >= 0.6 is 15.9 Å². The highest BCUT2D eigenvalue weighted by molar-refractivity contribution is 9.10. The van der Waals surface area contributed by atoms with E-state index in [-0.39, 0.29) is 17.9 Å². The Hall–Kier alpha value is -2.68. The zero-order valence-corrected chi connectivity index (χ0v) is 20.9. The third-order valence-electron chi connectivity index (χ3n) is 6.07. The number of carbonyl (C=O) groups is 1. The molecule has 2 unspecified atom stereocenters. The summed E-state index contributed by atoms with van der Waals surface area (Å²) in [5, 5.41) is 39.4. The summed E-state index contributed by atoms with van der Waals surface area (Å²) in [5.41, 5.74) is 0.540. The highest BCUT2D eigenvalue weighted by Gasteiger charge is 2.50. The summed E-state index contributed by atoms with van der Waals surface area (Å²) in [6, 6.07) is 7.31. The van der Waals surface area contributed by atoms with E-state index in [1.54, 1.807) is 24.3 Å². The number of aromatic nitrogens is 3. The van der Waals surface area contributed by atoms with Crippen molar-refractivity contribution in [3.05, 3.63) is 70.1 Å². The Morgan fingerprint density at radius 3 is 2.41 bits per heavy atom. The smallest absolute Gasteiger partial charge is 0.194 e. The van der Waals surface area contributed by atoms with E-state index < -0.39 is 66.4 Å². The summed E-state index contributed by atoms with van der Waals surface area (Å²) in [6.07, 6.45) is -5.71. The van der Waals surface area contributed by atoms with Crippen molar-refractivity contribution in [1.82, 2.24) is 15.0 Å². The first kappa shape index (κ1) is 27.4. The van der Waals surface area contributed by atoms with Gasteiger partial charge in [0.25, 0.3) is 0 Å². The molecule has 3 N–H and O–H groups in total. The Morgan fingerprint density at radius 2 is 1.81 bits per heavy atom. The SMILES string of the molecule is CC(=O)[C@@H](OCc1ccc(Br)cc1)[C@@H]1OC(CO)[C@H](O)[C@H](n2cc(-c3cc(F)c(F)c(F)c3)nn2)C1O. The Balaban J connectivity index is 1.61. The molecule has 0 amide bonds. The highest BCUT2D eigenvalue weighted by atomic mass is 79.9. The van der Waals surface area contributed by atoms with Gasteiger partial charge in [0.05, 0.1) is 19.4 Å². The Morgan fingerprint density at radius 1 is 1.16 bits per heavy atom. The van der Waals surface area contributed by atoms with Crippen LogP contribution in [0.5, 0.6) is 0 Å². The molecule has 1 aromatic heterocycles. The molecule has 0 aliphatic carbocycles. The molecule has 198 valence electrons. The zero-order valence-electron chi connectivity index (χ0n) is 19.3. The number of hydrogen-bond acceptors (Lipinski definition) is 8. The number of aliphatic hydroxyl groups excluding tert-OH is 3. The van der Waals surface area contributed by atoms with Crippen molar-refractivity contribution in [3.63, 3.8) is 0 Å². The average molecular weight is 586 g/mol. The number of Topliss-reactive ketones (excluding diaryl/α,β-unsaturated/α-hetero) is 1. The normalized spacial score (nSPS) is 24.7. The number of ether oxygens (including phenoxy) is 2. The highest BCUT2D eigenvalue weighted by Crippen LogP contribution is 2.33. The van der Waals surface area contributed by atoms with Crippen LogP contribution in [0.15, 0.2) is 47.1 Å². The van der Waals surface area contributed by atoms with Gasteiger partial charge >= 0.3 is 0 Å². The molecule has 1 saturated heterocycles. The molecule has 0 bridgehead atoms. The molecule has 13 heteroatoms. The van der Waals surface area contributed by atoms with Crippen LogP contribution in [0.2, 0.25) is 0 Å². The molecule has 1 aliphatic heterocycles. The summed E-state index contributed by atoms with van der Waals surface area (Å²) >= 11 is 3.33. The van der Waals surface area contributed by atoms with Crippen molar-refractivity contribution < 1.29 is 42.8 Å². The minimum Gasteiger partial charge on any atom is -0.394 e. The summed E-state index contributed by atoms with van der Waals surface area (Å²) in [5.74, 6) is -4.96. The number of nitrogens with zero attached hydrogens (tertiary/aromatic N) is 3. The standard InChI is InChI=1S/C24H23BrF3N3O6/c1-11(33)23(36-10-12-2-4-14(25)5-3-12)24-22(35)20(21(34)18(9-32)37-24)31-8-17(29-30-31)13-6-15(26)19(28)16(27)7-13/h2-8,18,20-24,32,34-35H,9-10H2,1H3/t18?,20-,21-,22?,23+,24+/m0/s1. The van der Waals surface area contributed by atoms with Crippen LogP contribution in [0, 0.1) is 17.5 Å². The maximum absolute atomic E-state index is 13.7. The minimum atomic E-state index is -1.64. The van der Waals surface area contributed by atoms with E-state index in [0.717, 1.165) is 26.9 Å². The predicted molar refractivity (Wildman–Crippen MR) is 126 cm³/mol. The summed E-state index contributed by atoms with van der Waals surface area (Å²) in [7, 11) is 0. The second-order valence-electron chi connectivity index (χ2n) is 8.60. The lowest BCUT2D eigenvalue weighted by atomic mass is 9.89. The molecule has 0 spiro atoms. The monoisotopic (exact) mass is 585 g/mol. The van der Waals surface area contributed by atoms with Gasteiger partial charge in [-0.2, -0.15) is 0 Å². The average Bonchev–Trinajstić information content (AvgIpc) is 3.34. The number of halogens is 4. The van der Waals surface area contributed by atoms with Crippen LogP contribution in [-0.4, -0.2) is 73.2 Å². The lowest BCUT2D eigenvalue weighted by Crippen LogP contribution is -2.60. The number of rotatable bonds is 8. The van der Waals surface area contributed by atoms with E-state index >= 15 is 0 Å². The van der Waals surface area contributed by atoms with Gasteiger partial charge in [-0.3, -0.25) is 4.79 Å². The molecule has 2 heterocycles. The summed E-state index contributed by atoms with van der Waals surface area (Å²) < 4.78 is 54.1. The van der Waals surface area contributed by atoms with E-state index in [0.29, 0.717) is 0 Å². The van der Waals surface area contributed by atoms with E-state index in [4.69, 9.17) is 9.47 Å². The fourth-order valence-electron chi connectivity index (χ4n) is 4.16. The number of ketones is 1. The van der Waals surface area contributed by atoms with Gasteiger partial charge < -0.3 is 24.8 Å². The second-order valence-corrected chi connectivity index (χ2v) is 9.52. The first-order valence-corrected chi connectivity index (χ1v) is 12.0. The number of hydrogen-bond donors (Lipinski definition) is 3. The lowest BCUT2D eigenvalue weighted by Gasteiger charge is -2.44. The van der Waals surface area contributed by atoms with Crippen LogP contribution in [0.4, 0.5) is 13.2 Å². The van der Waals surface area contributed by atoms with Crippen LogP contribution in [-0.2, 0) is 20.9 Å². The summed E-state index contributed by atoms with van der Waals surface area (Å²) in [4.78, 5) is 12.5. The van der Waals surface area contributed by atoms with Gasteiger partial charge in [0.2, 0.25) is 0 Å². The number of benzene rings is 2. The Labute approximate surface area is 217 Å². The van der Waals surface area contributed by atoms with E-state index in [2.05, 4.69) is 26.2 Å². The molecule has 9 nitrogen and oxygen atoms in total. The number of aliphatic hydroxyl groups is 3. The van der Waals surface area contributed by atoms with Gasteiger partial charge in [0, 0.05) is 10.0 Å². The molecule has 4 rings (SSSR count). The molecule has 37 heavy (non-hydrogen) atoms. The van der Waals surface area contributed by atoms with E-state index in [1.165, 1.54) is 13.1 Å². The van der Waals surface area contributed by atoms with Crippen molar-refractivity contribution in [1.29, 1.82) is 0 Å². The number of carbonyl (C=O) groups excluding carboxylic acids is 1. The maximum Gasteiger partial charge on any atom is 0.194 e. The van der Waals surface area contributed by atoms with E-state index in [9.17, 15) is 33.3 Å². The Bertz CT molecular complexity index is 1240. The minimum absolute atomic E-state index is 0.0102. The molecule has 1 fully saturated rings. The predicted octanol–water partition coefficient (Wildman–Crippen LogP) is 2.32. The molecular formula is C24H23BrF3N3O6. The fraction of sp³-hybridized carbons (Fsp3) is 0.375. The van der Waals surface area contributed by atoms with E-state index in [1.807, 2.05) is 0 Å². The molecular weight excluding hydrogens is 563 g/mol. The van der Waals surface area contributed by atoms with Gasteiger partial charge in [-0.15, -0.1) is 5.10 Å². The topological polar surface area (TPSA) is 127 Å². The van der Waals surface area contributed by atoms with Crippen molar-refractivity contribution in [3.8, 4) is 11.3 Å². The van der Waals surface area contributed by atoms with Crippen molar-refractivity contribution in [2.45, 2.75) is 50.1 Å². The quantitative estimate of drug-likeness (QED) is 0.344. The van der Waals surface area contributed by atoms with Crippen molar-refractivity contribution in [2.24, 2.45) is 0 Å². The van der Waals surface area contributed by atoms with Crippen LogP contribution in [0.3, 0.4) is 0 Å². The first-order valence-electron chi connectivity index (χ1n) is 11.2. The molecule has 0 saturated carbocycles. The summed E-state index contributed by atoms with van der Waals surface area (Å²) in [6.45, 7) is 0.603.